The molecule has 1 N–H and O–H groups in total. The third-order valence-electron chi connectivity index (χ3n) is 5.24. The summed E-state index contributed by atoms with van der Waals surface area (Å²) in [5, 5.41) is 9.79. The largest absolute Gasteiger partial charge is 0.240 e. The molecule has 1 saturated carbocycles. The van der Waals surface area contributed by atoms with Gasteiger partial charge in [0.1, 0.15) is 0 Å². The van der Waals surface area contributed by atoms with Crippen molar-refractivity contribution in [2.45, 2.75) is 50.5 Å². The van der Waals surface area contributed by atoms with Gasteiger partial charge in [0.25, 0.3) is 0 Å². The first-order valence-electron chi connectivity index (χ1n) is 9.03. The Morgan fingerprint density at radius 1 is 1.11 bits per heavy atom. The summed E-state index contributed by atoms with van der Waals surface area (Å²) in [5.74, 6) is 0. The number of nitrogens with zero attached hydrogens (tertiary/aromatic N) is 1. The lowest BCUT2D eigenvalue weighted by atomic mass is 9.76. The number of sulfonamides is 1. The molecule has 2 aromatic rings. The maximum absolute atomic E-state index is 12.7. The van der Waals surface area contributed by atoms with E-state index >= 15 is 0 Å². The van der Waals surface area contributed by atoms with Gasteiger partial charge < -0.3 is 0 Å². The molecule has 1 fully saturated rings. The lowest BCUT2D eigenvalue weighted by Gasteiger charge is -2.34. The lowest BCUT2D eigenvalue weighted by Crippen LogP contribution is -2.39. The van der Waals surface area contributed by atoms with E-state index in [4.69, 9.17) is 11.6 Å². The average Bonchev–Trinajstić information content (AvgIpc) is 2.63. The second-order valence-electron chi connectivity index (χ2n) is 7.89. The zero-order chi connectivity index (χ0) is 19.7. The molecule has 0 heterocycles. The van der Waals surface area contributed by atoms with Crippen molar-refractivity contribution in [1.29, 1.82) is 5.26 Å². The maximum Gasteiger partial charge on any atom is 0.240 e. The predicted molar refractivity (Wildman–Crippen MR) is 108 cm³/mol. The van der Waals surface area contributed by atoms with Crippen molar-refractivity contribution in [1.82, 2.24) is 4.72 Å². The van der Waals surface area contributed by atoms with Gasteiger partial charge in [0.2, 0.25) is 10.0 Å². The van der Waals surface area contributed by atoms with Gasteiger partial charge >= 0.3 is 0 Å². The van der Waals surface area contributed by atoms with Gasteiger partial charge in [-0.1, -0.05) is 43.6 Å². The third kappa shape index (κ3) is 4.70. The molecule has 1 aliphatic carbocycles. The van der Waals surface area contributed by atoms with E-state index in [9.17, 15) is 13.7 Å². The van der Waals surface area contributed by atoms with E-state index in [-0.39, 0.29) is 10.9 Å². The summed E-state index contributed by atoms with van der Waals surface area (Å²) in [6.07, 6.45) is 3.76. The Hall–Kier alpha value is -1.87. The SMILES string of the molecule is CC1(C)CCC(NS(=O)(=O)c2ccc(-c3ccc(Cl)cc3C#N)cc2)CC1. The van der Waals surface area contributed by atoms with Crippen LogP contribution < -0.4 is 4.72 Å². The summed E-state index contributed by atoms with van der Waals surface area (Å²) in [5.41, 5.74) is 2.26. The van der Waals surface area contributed by atoms with Crippen molar-refractivity contribution in [2.75, 3.05) is 0 Å². The number of hydrogen-bond acceptors (Lipinski definition) is 3. The van der Waals surface area contributed by atoms with E-state index in [2.05, 4.69) is 24.6 Å². The average molecular weight is 403 g/mol. The Labute approximate surface area is 166 Å². The topological polar surface area (TPSA) is 70.0 Å². The van der Waals surface area contributed by atoms with Crippen LogP contribution in [0.15, 0.2) is 47.4 Å². The molecule has 0 atom stereocenters. The molecular formula is C21H23ClN2O2S. The molecule has 0 radical (unpaired) electrons. The number of nitrogens with one attached hydrogen (secondary N) is 1. The number of rotatable bonds is 4. The van der Waals surface area contributed by atoms with Crippen LogP contribution in [0, 0.1) is 16.7 Å². The molecule has 27 heavy (non-hydrogen) atoms. The summed E-state index contributed by atoms with van der Waals surface area (Å²) >= 11 is 5.94. The van der Waals surface area contributed by atoms with Crippen LogP contribution in [0.3, 0.4) is 0 Å². The first-order chi connectivity index (χ1) is 12.7. The van der Waals surface area contributed by atoms with Crippen molar-refractivity contribution >= 4 is 21.6 Å². The molecule has 3 rings (SSSR count). The smallest absolute Gasteiger partial charge is 0.208 e. The Bertz CT molecular complexity index is 966. The van der Waals surface area contributed by atoms with Gasteiger partial charge in [0.15, 0.2) is 0 Å². The second-order valence-corrected chi connectivity index (χ2v) is 10.0. The van der Waals surface area contributed by atoms with Crippen LogP contribution in [-0.2, 0) is 10.0 Å². The van der Waals surface area contributed by atoms with Gasteiger partial charge in [-0.2, -0.15) is 5.26 Å². The molecular weight excluding hydrogens is 380 g/mol. The summed E-state index contributed by atoms with van der Waals surface area (Å²) < 4.78 is 28.2. The van der Waals surface area contributed by atoms with Gasteiger partial charge in [-0.15, -0.1) is 0 Å². The highest BCUT2D eigenvalue weighted by Crippen LogP contribution is 2.35. The van der Waals surface area contributed by atoms with E-state index in [1.165, 1.54) is 0 Å². The first kappa shape index (κ1) is 19.9. The fourth-order valence-corrected chi connectivity index (χ4v) is 4.96. The lowest BCUT2D eigenvalue weighted by molar-refractivity contribution is 0.218. The monoisotopic (exact) mass is 402 g/mol. The summed E-state index contributed by atoms with van der Waals surface area (Å²) in [6, 6.07) is 13.8. The van der Waals surface area contributed by atoms with Crippen LogP contribution in [0.2, 0.25) is 5.02 Å². The van der Waals surface area contributed by atoms with E-state index < -0.39 is 10.0 Å². The molecule has 1 aliphatic rings. The van der Waals surface area contributed by atoms with Gasteiger partial charge in [0.05, 0.1) is 16.5 Å². The standard InChI is InChI=1S/C21H23ClN2O2S/c1-21(2)11-9-18(10-12-21)24-27(25,26)19-6-3-15(4-7-19)20-8-5-17(22)13-16(20)14-23/h3-8,13,18,24H,9-12H2,1-2H3. The molecule has 142 valence electrons. The van der Waals surface area contributed by atoms with Crippen LogP contribution in [0.5, 0.6) is 0 Å². The molecule has 0 spiro atoms. The van der Waals surface area contributed by atoms with E-state index in [1.807, 2.05) is 0 Å². The van der Waals surface area contributed by atoms with Crippen molar-refractivity contribution in [3.05, 3.63) is 53.1 Å². The fraction of sp³-hybridized carbons (Fsp3) is 0.381. The van der Waals surface area contributed by atoms with Crippen molar-refractivity contribution in [3.8, 4) is 17.2 Å². The molecule has 4 nitrogen and oxygen atoms in total. The van der Waals surface area contributed by atoms with Crippen LogP contribution in [0.4, 0.5) is 0 Å². The van der Waals surface area contributed by atoms with Crippen molar-refractivity contribution in [3.63, 3.8) is 0 Å². The molecule has 0 unspecified atom stereocenters. The minimum atomic E-state index is -3.55. The zero-order valence-corrected chi connectivity index (χ0v) is 17.1. The molecule has 0 aliphatic heterocycles. The summed E-state index contributed by atoms with van der Waals surface area (Å²) in [4.78, 5) is 0.239. The van der Waals surface area contributed by atoms with Gasteiger partial charge in [-0.3, -0.25) is 0 Å². The zero-order valence-electron chi connectivity index (χ0n) is 15.5. The highest BCUT2D eigenvalue weighted by Gasteiger charge is 2.29. The van der Waals surface area contributed by atoms with Crippen LogP contribution in [0.1, 0.15) is 45.1 Å². The van der Waals surface area contributed by atoms with Crippen LogP contribution >= 0.6 is 11.6 Å². The summed E-state index contributed by atoms with van der Waals surface area (Å²) in [7, 11) is -3.55. The Morgan fingerprint density at radius 3 is 2.33 bits per heavy atom. The normalized spacial score (nSPS) is 17.4. The molecule has 0 amide bonds. The number of halogens is 1. The van der Waals surface area contributed by atoms with Crippen molar-refractivity contribution < 1.29 is 8.42 Å². The minimum absolute atomic E-state index is 0.0100. The van der Waals surface area contributed by atoms with E-state index in [0.29, 0.717) is 16.0 Å². The Morgan fingerprint density at radius 2 is 1.74 bits per heavy atom. The first-order valence-corrected chi connectivity index (χ1v) is 10.9. The van der Waals surface area contributed by atoms with Crippen molar-refractivity contribution in [2.24, 2.45) is 5.41 Å². The molecule has 2 aromatic carbocycles. The Kier molecular flexibility index (Phi) is 5.62. The van der Waals surface area contributed by atoms with E-state index in [0.717, 1.165) is 36.8 Å². The molecule has 0 bridgehead atoms. The molecule has 6 heteroatoms. The second kappa shape index (κ2) is 7.63. The number of nitriles is 1. The van der Waals surface area contributed by atoms with Gasteiger partial charge in [0, 0.05) is 11.1 Å². The van der Waals surface area contributed by atoms with Crippen LogP contribution in [-0.4, -0.2) is 14.5 Å². The highest BCUT2D eigenvalue weighted by atomic mass is 35.5. The number of benzene rings is 2. The maximum atomic E-state index is 12.7. The minimum Gasteiger partial charge on any atom is -0.208 e. The quantitative estimate of drug-likeness (QED) is 0.770. The molecule has 0 saturated heterocycles. The highest BCUT2D eigenvalue weighted by molar-refractivity contribution is 7.89. The van der Waals surface area contributed by atoms with Crippen LogP contribution in [0.25, 0.3) is 11.1 Å². The number of hydrogen-bond donors (Lipinski definition) is 1. The third-order valence-corrected chi connectivity index (χ3v) is 7.01. The molecule has 0 aromatic heterocycles. The predicted octanol–water partition coefficient (Wildman–Crippen LogP) is 5.13. The Balaban J connectivity index is 1.78. The van der Waals surface area contributed by atoms with Gasteiger partial charge in [-0.05, 0) is 66.5 Å². The summed E-state index contributed by atoms with van der Waals surface area (Å²) in [6.45, 7) is 4.45. The van der Waals surface area contributed by atoms with Gasteiger partial charge in [-0.25, -0.2) is 13.1 Å². The van der Waals surface area contributed by atoms with E-state index in [1.54, 1.807) is 42.5 Å². The fourth-order valence-electron chi connectivity index (χ4n) is 3.48.